The average molecular weight is 274 g/mol. The molecule has 0 aromatic carbocycles. The molecule has 1 aromatic heterocycles. The maximum absolute atomic E-state index is 4.51. The SMILES string of the molecule is Cc1ccc(C2CCCCCC2CNC(C)(C)C)cn1. The Morgan fingerprint density at radius 1 is 1.15 bits per heavy atom. The number of nitrogens with zero attached hydrogens (tertiary/aromatic N) is 1. The Labute approximate surface area is 124 Å². The molecule has 2 nitrogen and oxygen atoms in total. The predicted octanol–water partition coefficient (Wildman–Crippen LogP) is 4.44. The highest BCUT2D eigenvalue weighted by molar-refractivity contribution is 5.19. The molecule has 2 rings (SSSR count). The Morgan fingerprint density at radius 2 is 1.90 bits per heavy atom. The third-order valence-corrected chi connectivity index (χ3v) is 4.42. The number of nitrogens with one attached hydrogen (secondary N) is 1. The lowest BCUT2D eigenvalue weighted by atomic mass is 9.82. The summed E-state index contributed by atoms with van der Waals surface area (Å²) >= 11 is 0. The number of hydrogen-bond acceptors (Lipinski definition) is 2. The first-order valence-electron chi connectivity index (χ1n) is 8.13. The number of rotatable bonds is 3. The first kappa shape index (κ1) is 15.5. The summed E-state index contributed by atoms with van der Waals surface area (Å²) in [7, 11) is 0. The van der Waals surface area contributed by atoms with Gasteiger partial charge in [0.15, 0.2) is 0 Å². The van der Waals surface area contributed by atoms with Crippen molar-refractivity contribution in [1.29, 1.82) is 0 Å². The largest absolute Gasteiger partial charge is 0.312 e. The van der Waals surface area contributed by atoms with Crippen molar-refractivity contribution in [1.82, 2.24) is 10.3 Å². The van der Waals surface area contributed by atoms with Crippen LogP contribution in [0.15, 0.2) is 18.3 Å². The van der Waals surface area contributed by atoms with Crippen molar-refractivity contribution in [3.8, 4) is 0 Å². The quantitative estimate of drug-likeness (QED) is 0.824. The first-order valence-corrected chi connectivity index (χ1v) is 8.13. The number of pyridine rings is 1. The third kappa shape index (κ3) is 4.59. The molecule has 0 amide bonds. The van der Waals surface area contributed by atoms with Gasteiger partial charge in [-0.1, -0.05) is 25.3 Å². The van der Waals surface area contributed by atoms with E-state index >= 15 is 0 Å². The molecule has 0 bridgehead atoms. The molecular weight excluding hydrogens is 244 g/mol. The summed E-state index contributed by atoms with van der Waals surface area (Å²) in [5.74, 6) is 1.43. The smallest absolute Gasteiger partial charge is 0.0372 e. The second-order valence-corrected chi connectivity index (χ2v) is 7.37. The van der Waals surface area contributed by atoms with Gasteiger partial charge in [-0.2, -0.15) is 0 Å². The van der Waals surface area contributed by atoms with Gasteiger partial charge < -0.3 is 5.32 Å². The topological polar surface area (TPSA) is 24.9 Å². The summed E-state index contributed by atoms with van der Waals surface area (Å²) in [6.07, 6.45) is 8.91. The van der Waals surface area contributed by atoms with E-state index < -0.39 is 0 Å². The van der Waals surface area contributed by atoms with Crippen LogP contribution in [0.5, 0.6) is 0 Å². The molecule has 2 heteroatoms. The summed E-state index contributed by atoms with van der Waals surface area (Å²) in [5.41, 5.74) is 2.77. The first-order chi connectivity index (χ1) is 9.46. The number of aromatic nitrogens is 1. The fourth-order valence-electron chi connectivity index (χ4n) is 3.20. The molecule has 0 radical (unpaired) electrons. The zero-order valence-corrected chi connectivity index (χ0v) is 13.6. The lowest BCUT2D eigenvalue weighted by Gasteiger charge is -2.30. The Morgan fingerprint density at radius 3 is 2.55 bits per heavy atom. The maximum Gasteiger partial charge on any atom is 0.0372 e. The normalized spacial score (nSPS) is 24.4. The molecule has 1 aliphatic rings. The van der Waals surface area contributed by atoms with Gasteiger partial charge >= 0.3 is 0 Å². The zero-order chi connectivity index (χ0) is 14.6. The van der Waals surface area contributed by atoms with E-state index in [2.05, 4.69) is 56.3 Å². The Balaban J connectivity index is 2.10. The van der Waals surface area contributed by atoms with Crippen LogP contribution in [0.2, 0.25) is 0 Å². The van der Waals surface area contributed by atoms with Crippen LogP contribution >= 0.6 is 0 Å². The Kier molecular flexibility index (Phi) is 5.20. The highest BCUT2D eigenvalue weighted by Gasteiger charge is 2.26. The molecular formula is C18H30N2. The van der Waals surface area contributed by atoms with Gasteiger partial charge in [0.05, 0.1) is 0 Å². The highest BCUT2D eigenvalue weighted by atomic mass is 14.9. The van der Waals surface area contributed by atoms with Crippen LogP contribution in [-0.4, -0.2) is 17.1 Å². The van der Waals surface area contributed by atoms with E-state index in [0.717, 1.165) is 18.2 Å². The van der Waals surface area contributed by atoms with Gasteiger partial charge in [-0.3, -0.25) is 4.98 Å². The van der Waals surface area contributed by atoms with Gasteiger partial charge in [-0.25, -0.2) is 0 Å². The van der Waals surface area contributed by atoms with E-state index in [4.69, 9.17) is 0 Å². The van der Waals surface area contributed by atoms with Crippen LogP contribution in [-0.2, 0) is 0 Å². The summed E-state index contributed by atoms with van der Waals surface area (Å²) in [4.78, 5) is 4.51. The zero-order valence-electron chi connectivity index (χ0n) is 13.6. The Hall–Kier alpha value is -0.890. The lowest BCUT2D eigenvalue weighted by molar-refractivity contribution is 0.322. The van der Waals surface area contributed by atoms with Crippen molar-refractivity contribution in [3.05, 3.63) is 29.6 Å². The monoisotopic (exact) mass is 274 g/mol. The van der Waals surface area contributed by atoms with Crippen LogP contribution < -0.4 is 5.32 Å². The summed E-state index contributed by atoms with van der Waals surface area (Å²) in [6.45, 7) is 9.96. The van der Waals surface area contributed by atoms with Crippen molar-refractivity contribution >= 4 is 0 Å². The van der Waals surface area contributed by atoms with Crippen molar-refractivity contribution in [2.45, 2.75) is 71.3 Å². The van der Waals surface area contributed by atoms with Crippen molar-refractivity contribution in [2.24, 2.45) is 5.92 Å². The standard InChI is InChI=1S/C18H30N2/c1-14-10-11-16(12-19-14)17-9-7-5-6-8-15(17)13-20-18(2,3)4/h10-12,15,17,20H,5-9,13H2,1-4H3. The molecule has 0 saturated heterocycles. The lowest BCUT2D eigenvalue weighted by Crippen LogP contribution is -2.40. The van der Waals surface area contributed by atoms with Crippen LogP contribution in [0.3, 0.4) is 0 Å². The van der Waals surface area contributed by atoms with E-state index in [1.807, 2.05) is 0 Å². The minimum absolute atomic E-state index is 0.211. The molecule has 1 N–H and O–H groups in total. The summed E-state index contributed by atoms with van der Waals surface area (Å²) in [5, 5.41) is 3.71. The van der Waals surface area contributed by atoms with Gasteiger partial charge in [0.1, 0.15) is 0 Å². The van der Waals surface area contributed by atoms with Gasteiger partial charge in [0, 0.05) is 17.4 Å². The van der Waals surface area contributed by atoms with Crippen LogP contribution in [0.1, 0.15) is 70.1 Å². The molecule has 1 heterocycles. The fourth-order valence-corrected chi connectivity index (χ4v) is 3.20. The minimum atomic E-state index is 0.211. The van der Waals surface area contributed by atoms with Crippen LogP contribution in [0, 0.1) is 12.8 Å². The Bertz CT molecular complexity index is 402. The van der Waals surface area contributed by atoms with Gasteiger partial charge in [-0.05, 0) is 70.5 Å². The predicted molar refractivity (Wildman–Crippen MR) is 86.0 cm³/mol. The molecule has 1 fully saturated rings. The molecule has 1 aliphatic carbocycles. The molecule has 2 atom stereocenters. The van der Waals surface area contributed by atoms with E-state index in [1.165, 1.54) is 37.7 Å². The molecule has 2 unspecified atom stereocenters. The second-order valence-electron chi connectivity index (χ2n) is 7.37. The van der Waals surface area contributed by atoms with E-state index in [1.54, 1.807) is 0 Å². The molecule has 112 valence electrons. The number of hydrogen-bond donors (Lipinski definition) is 1. The average Bonchev–Trinajstić information content (AvgIpc) is 2.62. The van der Waals surface area contributed by atoms with Gasteiger partial charge in [0.2, 0.25) is 0 Å². The second kappa shape index (κ2) is 6.71. The van der Waals surface area contributed by atoms with Crippen molar-refractivity contribution in [2.75, 3.05) is 6.54 Å². The fraction of sp³-hybridized carbons (Fsp3) is 0.722. The van der Waals surface area contributed by atoms with Gasteiger partial charge in [-0.15, -0.1) is 0 Å². The molecule has 1 saturated carbocycles. The highest BCUT2D eigenvalue weighted by Crippen LogP contribution is 2.36. The van der Waals surface area contributed by atoms with Crippen LogP contribution in [0.25, 0.3) is 0 Å². The summed E-state index contributed by atoms with van der Waals surface area (Å²) < 4.78 is 0. The van der Waals surface area contributed by atoms with E-state index in [9.17, 15) is 0 Å². The maximum atomic E-state index is 4.51. The van der Waals surface area contributed by atoms with E-state index in [-0.39, 0.29) is 5.54 Å². The molecule has 1 aromatic rings. The minimum Gasteiger partial charge on any atom is -0.312 e. The van der Waals surface area contributed by atoms with Crippen molar-refractivity contribution < 1.29 is 0 Å². The van der Waals surface area contributed by atoms with Crippen molar-refractivity contribution in [3.63, 3.8) is 0 Å². The summed E-state index contributed by atoms with van der Waals surface area (Å²) in [6, 6.07) is 4.46. The third-order valence-electron chi connectivity index (χ3n) is 4.42. The number of aryl methyl sites for hydroxylation is 1. The van der Waals surface area contributed by atoms with E-state index in [0.29, 0.717) is 5.92 Å². The molecule has 0 aliphatic heterocycles. The van der Waals surface area contributed by atoms with Crippen LogP contribution in [0.4, 0.5) is 0 Å². The molecule has 0 spiro atoms. The molecule has 20 heavy (non-hydrogen) atoms. The van der Waals surface area contributed by atoms with Gasteiger partial charge in [0.25, 0.3) is 0 Å².